The molecule has 0 saturated heterocycles. The van der Waals surface area contributed by atoms with Gasteiger partial charge in [-0.3, -0.25) is 4.79 Å². The third-order valence-electron chi connectivity index (χ3n) is 2.20. The summed E-state index contributed by atoms with van der Waals surface area (Å²) in [5, 5.41) is 5.77. The van der Waals surface area contributed by atoms with Crippen molar-refractivity contribution in [3.8, 4) is 0 Å². The molecule has 5 nitrogen and oxygen atoms in total. The molecule has 1 aromatic rings. The Morgan fingerprint density at radius 1 is 1.35 bits per heavy atom. The molecule has 0 aliphatic rings. The molecule has 1 rings (SSSR count). The maximum atomic E-state index is 11.6. The number of nitrogens with one attached hydrogen (secondary N) is 2. The maximum absolute atomic E-state index is 11.6. The van der Waals surface area contributed by atoms with Gasteiger partial charge in [-0.15, -0.1) is 24.0 Å². The number of nitrogens with two attached hydrogens (primary N) is 1. The van der Waals surface area contributed by atoms with Gasteiger partial charge in [0, 0.05) is 11.2 Å². The van der Waals surface area contributed by atoms with Crippen molar-refractivity contribution in [2.24, 2.45) is 10.7 Å². The van der Waals surface area contributed by atoms with E-state index in [1.165, 1.54) is 0 Å². The molecule has 1 amide bonds. The van der Waals surface area contributed by atoms with Crippen LogP contribution in [0.25, 0.3) is 0 Å². The van der Waals surface area contributed by atoms with Crippen LogP contribution in [-0.2, 0) is 4.79 Å². The van der Waals surface area contributed by atoms with E-state index in [4.69, 9.17) is 5.73 Å². The van der Waals surface area contributed by atoms with Crippen molar-refractivity contribution in [3.63, 3.8) is 0 Å². The molecule has 0 radical (unpaired) electrons. The third kappa shape index (κ3) is 7.98. The minimum atomic E-state index is -0.259. The monoisotopic (exact) mass is 390 g/mol. The highest BCUT2D eigenvalue weighted by Gasteiger charge is 2.12. The van der Waals surface area contributed by atoms with Crippen LogP contribution in [0.3, 0.4) is 0 Å². The highest BCUT2D eigenvalue weighted by Crippen LogP contribution is 2.08. The third-order valence-corrected chi connectivity index (χ3v) is 2.20. The number of hydrogen-bond donors (Lipinski definition) is 3. The first-order valence-corrected chi connectivity index (χ1v) is 6.21. The summed E-state index contributed by atoms with van der Waals surface area (Å²) >= 11 is 0. The van der Waals surface area contributed by atoms with Gasteiger partial charge in [0.15, 0.2) is 5.96 Å². The van der Waals surface area contributed by atoms with Gasteiger partial charge >= 0.3 is 0 Å². The second kappa shape index (κ2) is 8.08. The standard InChI is InChI=1S/C14H22N4O.HI/c1-10-6-5-7-11(8-10)17-13(15)16-9-12(19)18-14(2,3)4;/h5-8H,9H2,1-4H3,(H,18,19)(H3,15,16,17);1H. The summed E-state index contributed by atoms with van der Waals surface area (Å²) in [6.07, 6.45) is 0. The summed E-state index contributed by atoms with van der Waals surface area (Å²) in [7, 11) is 0. The average Bonchev–Trinajstić information content (AvgIpc) is 2.24. The van der Waals surface area contributed by atoms with Crippen LogP contribution in [0.5, 0.6) is 0 Å². The van der Waals surface area contributed by atoms with Crippen LogP contribution >= 0.6 is 24.0 Å². The molecule has 0 aliphatic heterocycles. The van der Waals surface area contributed by atoms with E-state index >= 15 is 0 Å². The van der Waals surface area contributed by atoms with Gasteiger partial charge in [0.2, 0.25) is 5.91 Å². The van der Waals surface area contributed by atoms with Crippen molar-refractivity contribution in [2.75, 3.05) is 11.9 Å². The number of halogens is 1. The van der Waals surface area contributed by atoms with Crippen molar-refractivity contribution in [2.45, 2.75) is 33.2 Å². The molecule has 0 atom stereocenters. The first-order chi connectivity index (χ1) is 8.76. The average molecular weight is 390 g/mol. The Bertz CT molecular complexity index is 480. The Labute approximate surface area is 137 Å². The largest absolute Gasteiger partial charge is 0.370 e. The Kier molecular flexibility index (Phi) is 7.55. The highest BCUT2D eigenvalue weighted by molar-refractivity contribution is 14.0. The van der Waals surface area contributed by atoms with Crippen LogP contribution in [0, 0.1) is 6.92 Å². The molecule has 0 heterocycles. The van der Waals surface area contributed by atoms with E-state index in [0.717, 1.165) is 11.3 Å². The molecular formula is C14H23IN4O. The lowest BCUT2D eigenvalue weighted by molar-refractivity contribution is -0.121. The Morgan fingerprint density at radius 2 is 2.00 bits per heavy atom. The highest BCUT2D eigenvalue weighted by atomic mass is 127. The van der Waals surface area contributed by atoms with E-state index in [1.54, 1.807) is 0 Å². The molecule has 4 N–H and O–H groups in total. The van der Waals surface area contributed by atoms with Gasteiger partial charge in [-0.05, 0) is 45.4 Å². The number of aryl methyl sites for hydroxylation is 1. The smallest absolute Gasteiger partial charge is 0.242 e. The van der Waals surface area contributed by atoms with E-state index in [1.807, 2.05) is 52.0 Å². The van der Waals surface area contributed by atoms with Crippen molar-refractivity contribution in [1.29, 1.82) is 0 Å². The summed E-state index contributed by atoms with van der Waals surface area (Å²) in [5.74, 6) is 0.0798. The Balaban J connectivity index is 0.00000361. The molecule has 0 aromatic heterocycles. The predicted molar refractivity (Wildman–Crippen MR) is 94.6 cm³/mol. The zero-order chi connectivity index (χ0) is 14.5. The predicted octanol–water partition coefficient (Wildman–Crippen LogP) is 2.25. The molecule has 6 heteroatoms. The lowest BCUT2D eigenvalue weighted by Gasteiger charge is -2.19. The second-order valence-corrected chi connectivity index (χ2v) is 5.49. The number of rotatable bonds is 3. The topological polar surface area (TPSA) is 79.5 Å². The van der Waals surface area contributed by atoms with Crippen molar-refractivity contribution in [3.05, 3.63) is 29.8 Å². The summed E-state index contributed by atoms with van der Waals surface area (Å²) in [6.45, 7) is 7.77. The van der Waals surface area contributed by atoms with Crippen molar-refractivity contribution < 1.29 is 4.79 Å². The molecule has 0 bridgehead atoms. The van der Waals surface area contributed by atoms with Gasteiger partial charge in [-0.25, -0.2) is 4.99 Å². The SMILES string of the molecule is Cc1cccc(NC(N)=NCC(=O)NC(C)(C)C)c1.I. The molecule has 0 unspecified atom stereocenters. The zero-order valence-corrected chi connectivity index (χ0v) is 14.7. The maximum Gasteiger partial charge on any atom is 0.242 e. The van der Waals surface area contributed by atoms with Gasteiger partial charge in [0.1, 0.15) is 6.54 Å². The molecule has 0 saturated carbocycles. The van der Waals surface area contributed by atoms with Crippen LogP contribution in [0.2, 0.25) is 0 Å². The van der Waals surface area contributed by atoms with Crippen LogP contribution in [-0.4, -0.2) is 24.0 Å². The molecule has 1 aromatic carbocycles. The van der Waals surface area contributed by atoms with Crippen molar-refractivity contribution >= 4 is 41.5 Å². The van der Waals surface area contributed by atoms with Crippen molar-refractivity contribution in [1.82, 2.24) is 5.32 Å². The lowest BCUT2D eigenvalue weighted by Crippen LogP contribution is -2.42. The summed E-state index contributed by atoms with van der Waals surface area (Å²) in [6, 6.07) is 7.77. The van der Waals surface area contributed by atoms with E-state index in [2.05, 4.69) is 15.6 Å². The molecule has 20 heavy (non-hydrogen) atoms. The van der Waals surface area contributed by atoms with Crippen LogP contribution in [0.15, 0.2) is 29.3 Å². The molecule has 0 fully saturated rings. The number of amides is 1. The fourth-order valence-corrected chi connectivity index (χ4v) is 1.52. The minimum Gasteiger partial charge on any atom is -0.370 e. The fourth-order valence-electron chi connectivity index (χ4n) is 1.52. The number of hydrogen-bond acceptors (Lipinski definition) is 2. The summed E-state index contributed by atoms with van der Waals surface area (Å²) in [4.78, 5) is 15.6. The summed E-state index contributed by atoms with van der Waals surface area (Å²) in [5.41, 5.74) is 7.45. The molecule has 0 spiro atoms. The summed E-state index contributed by atoms with van der Waals surface area (Å²) < 4.78 is 0. The van der Waals surface area contributed by atoms with Gasteiger partial charge in [-0.2, -0.15) is 0 Å². The van der Waals surface area contributed by atoms with E-state index in [9.17, 15) is 4.79 Å². The molecular weight excluding hydrogens is 367 g/mol. The number of aliphatic imine (C=N–C) groups is 1. The van der Waals surface area contributed by atoms with E-state index < -0.39 is 0 Å². The van der Waals surface area contributed by atoms with Crippen LogP contribution in [0.4, 0.5) is 5.69 Å². The normalized spacial score (nSPS) is 11.5. The number of anilines is 1. The first kappa shape index (κ1) is 18.7. The van der Waals surface area contributed by atoms with E-state index in [-0.39, 0.29) is 47.9 Å². The number of benzene rings is 1. The van der Waals surface area contributed by atoms with Crippen LogP contribution < -0.4 is 16.4 Å². The van der Waals surface area contributed by atoms with Gasteiger partial charge in [0.25, 0.3) is 0 Å². The van der Waals surface area contributed by atoms with Crippen LogP contribution in [0.1, 0.15) is 26.3 Å². The number of guanidine groups is 1. The van der Waals surface area contributed by atoms with Gasteiger partial charge in [-0.1, -0.05) is 12.1 Å². The zero-order valence-electron chi connectivity index (χ0n) is 12.4. The lowest BCUT2D eigenvalue weighted by atomic mass is 10.1. The first-order valence-electron chi connectivity index (χ1n) is 6.21. The molecule has 0 aliphatic carbocycles. The van der Waals surface area contributed by atoms with E-state index in [0.29, 0.717) is 0 Å². The number of carbonyl (C=O) groups excluding carboxylic acids is 1. The number of nitrogens with zero attached hydrogens (tertiary/aromatic N) is 1. The Morgan fingerprint density at radius 3 is 2.55 bits per heavy atom. The molecule has 112 valence electrons. The minimum absolute atomic E-state index is 0. The quantitative estimate of drug-likeness (QED) is 0.421. The van der Waals surface area contributed by atoms with Gasteiger partial charge < -0.3 is 16.4 Å². The Hall–Kier alpha value is -1.31. The number of carbonyl (C=O) groups is 1. The van der Waals surface area contributed by atoms with Gasteiger partial charge in [0.05, 0.1) is 0 Å². The second-order valence-electron chi connectivity index (χ2n) is 5.49. The fraction of sp³-hybridized carbons (Fsp3) is 0.429.